The topological polar surface area (TPSA) is 62.5 Å². The summed E-state index contributed by atoms with van der Waals surface area (Å²) >= 11 is 0. The average molecular weight is 432 g/mol. The van der Waals surface area contributed by atoms with Gasteiger partial charge in [-0.05, 0) is 24.5 Å². The Morgan fingerprint density at radius 1 is 1.30 bits per heavy atom. The fourth-order valence-electron chi connectivity index (χ4n) is 2.01. The Morgan fingerprint density at radius 2 is 2.09 bits per heavy atom. The highest BCUT2D eigenvalue weighted by atomic mass is 127. The Hall–Kier alpha value is -1.64. The molecule has 0 saturated carbocycles. The minimum absolute atomic E-state index is 0. The van der Waals surface area contributed by atoms with Gasteiger partial charge in [-0.2, -0.15) is 0 Å². The minimum Gasteiger partial charge on any atom is -0.359 e. The first kappa shape index (κ1) is 19.4. The van der Waals surface area contributed by atoms with Crippen molar-refractivity contribution in [2.45, 2.75) is 26.3 Å². The molecule has 0 atom stereocenters. The molecule has 0 saturated heterocycles. The van der Waals surface area contributed by atoms with Crippen molar-refractivity contribution in [1.82, 2.24) is 15.8 Å². The smallest absolute Gasteiger partial charge is 0.191 e. The van der Waals surface area contributed by atoms with Crippen molar-refractivity contribution >= 4 is 29.9 Å². The molecular formula is C16H22FIN4O. The second-order valence-electron chi connectivity index (χ2n) is 4.83. The van der Waals surface area contributed by atoms with Crippen LogP contribution in [0.5, 0.6) is 0 Å². The van der Waals surface area contributed by atoms with Crippen LogP contribution in [0.4, 0.5) is 4.39 Å². The van der Waals surface area contributed by atoms with Crippen LogP contribution in [-0.4, -0.2) is 24.7 Å². The van der Waals surface area contributed by atoms with E-state index in [9.17, 15) is 4.39 Å². The van der Waals surface area contributed by atoms with Crippen molar-refractivity contribution in [1.29, 1.82) is 0 Å². The molecule has 23 heavy (non-hydrogen) atoms. The summed E-state index contributed by atoms with van der Waals surface area (Å²) in [7, 11) is 1.69. The monoisotopic (exact) mass is 432 g/mol. The zero-order valence-corrected chi connectivity index (χ0v) is 15.6. The summed E-state index contributed by atoms with van der Waals surface area (Å²) in [6.45, 7) is 3.13. The van der Waals surface area contributed by atoms with E-state index < -0.39 is 0 Å². The molecule has 0 aliphatic rings. The molecule has 0 aliphatic carbocycles. The summed E-state index contributed by atoms with van der Waals surface area (Å²) in [5.41, 5.74) is 1.62. The molecule has 1 heterocycles. The van der Waals surface area contributed by atoms with Gasteiger partial charge in [-0.15, -0.1) is 24.0 Å². The van der Waals surface area contributed by atoms with Crippen molar-refractivity contribution in [2.75, 3.05) is 13.6 Å². The van der Waals surface area contributed by atoms with Crippen LogP contribution in [0.15, 0.2) is 39.8 Å². The molecular weight excluding hydrogens is 410 g/mol. The maximum atomic E-state index is 13.5. The predicted octanol–water partition coefficient (Wildman–Crippen LogP) is 2.90. The van der Waals surface area contributed by atoms with Gasteiger partial charge in [0.05, 0.1) is 12.2 Å². The van der Waals surface area contributed by atoms with Crippen LogP contribution < -0.4 is 10.6 Å². The van der Waals surface area contributed by atoms with Gasteiger partial charge in [-0.3, -0.25) is 4.99 Å². The largest absolute Gasteiger partial charge is 0.359 e. The quantitative estimate of drug-likeness (QED) is 0.419. The van der Waals surface area contributed by atoms with Gasteiger partial charge in [0.2, 0.25) is 0 Å². The second-order valence-corrected chi connectivity index (χ2v) is 4.83. The standard InChI is InChI=1S/C16H21FN4O.HI/c1-3-13-10-14(22-21-13)11-20-16(18-2)19-9-8-12-6-4-5-7-15(12)17;/h4-7,10H,3,8-9,11H2,1-2H3,(H2,18,19,20);1H. The van der Waals surface area contributed by atoms with Gasteiger partial charge in [0.1, 0.15) is 5.82 Å². The molecule has 0 fully saturated rings. The number of aliphatic imine (C=N–C) groups is 1. The first-order valence-corrected chi connectivity index (χ1v) is 7.35. The van der Waals surface area contributed by atoms with E-state index in [4.69, 9.17) is 4.52 Å². The Kier molecular flexibility index (Phi) is 8.60. The third-order valence-corrected chi connectivity index (χ3v) is 3.27. The summed E-state index contributed by atoms with van der Waals surface area (Å²) in [4.78, 5) is 4.12. The fraction of sp³-hybridized carbons (Fsp3) is 0.375. The lowest BCUT2D eigenvalue weighted by molar-refractivity contribution is 0.374. The van der Waals surface area contributed by atoms with Gasteiger partial charge in [-0.25, -0.2) is 4.39 Å². The SMILES string of the molecule is CCc1cc(CNC(=NC)NCCc2ccccc2F)on1.I. The molecule has 2 N–H and O–H groups in total. The van der Waals surface area contributed by atoms with Crippen LogP contribution in [0.3, 0.4) is 0 Å². The normalized spacial score (nSPS) is 11.0. The van der Waals surface area contributed by atoms with Gasteiger partial charge in [-0.1, -0.05) is 30.3 Å². The van der Waals surface area contributed by atoms with Gasteiger partial charge in [0, 0.05) is 19.7 Å². The van der Waals surface area contributed by atoms with Crippen molar-refractivity contribution < 1.29 is 8.91 Å². The van der Waals surface area contributed by atoms with E-state index in [0.29, 0.717) is 31.0 Å². The van der Waals surface area contributed by atoms with E-state index in [0.717, 1.165) is 17.9 Å². The molecule has 0 unspecified atom stereocenters. The van der Waals surface area contributed by atoms with Crippen LogP contribution >= 0.6 is 24.0 Å². The Labute approximate surface area is 152 Å². The van der Waals surface area contributed by atoms with Crippen LogP contribution in [0.2, 0.25) is 0 Å². The number of guanidine groups is 1. The molecule has 126 valence electrons. The third kappa shape index (κ3) is 6.17. The molecule has 0 spiro atoms. The van der Waals surface area contributed by atoms with Crippen LogP contribution in [-0.2, 0) is 19.4 Å². The lowest BCUT2D eigenvalue weighted by Gasteiger charge is -2.10. The lowest BCUT2D eigenvalue weighted by atomic mass is 10.1. The number of halogens is 2. The molecule has 1 aromatic carbocycles. The van der Waals surface area contributed by atoms with E-state index in [1.54, 1.807) is 19.2 Å². The molecule has 0 radical (unpaired) electrons. The Bertz CT molecular complexity index is 630. The van der Waals surface area contributed by atoms with Gasteiger partial charge >= 0.3 is 0 Å². The summed E-state index contributed by atoms with van der Waals surface area (Å²) in [6.07, 6.45) is 1.44. The number of aryl methyl sites for hydroxylation is 1. The number of benzene rings is 1. The Morgan fingerprint density at radius 3 is 2.74 bits per heavy atom. The first-order chi connectivity index (χ1) is 10.7. The van der Waals surface area contributed by atoms with Gasteiger partial charge < -0.3 is 15.2 Å². The van der Waals surface area contributed by atoms with Crippen molar-refractivity contribution in [3.05, 3.63) is 53.2 Å². The molecule has 2 aromatic rings. The number of nitrogens with zero attached hydrogens (tertiary/aromatic N) is 2. The maximum absolute atomic E-state index is 13.5. The zero-order chi connectivity index (χ0) is 15.8. The molecule has 1 aromatic heterocycles. The molecule has 7 heteroatoms. The molecule has 5 nitrogen and oxygen atoms in total. The van der Waals surface area contributed by atoms with Crippen LogP contribution in [0, 0.1) is 5.82 Å². The zero-order valence-electron chi connectivity index (χ0n) is 13.3. The second kappa shape index (κ2) is 10.2. The highest BCUT2D eigenvalue weighted by molar-refractivity contribution is 14.0. The average Bonchev–Trinajstić information content (AvgIpc) is 3.00. The number of aromatic nitrogens is 1. The third-order valence-electron chi connectivity index (χ3n) is 3.27. The molecule has 0 amide bonds. The van der Waals surface area contributed by atoms with Crippen molar-refractivity contribution in [2.24, 2.45) is 4.99 Å². The summed E-state index contributed by atoms with van der Waals surface area (Å²) in [5, 5.41) is 10.2. The van der Waals surface area contributed by atoms with Crippen molar-refractivity contribution in [3.63, 3.8) is 0 Å². The molecule has 0 bridgehead atoms. The van der Waals surface area contributed by atoms with Gasteiger partial charge in [0.25, 0.3) is 0 Å². The summed E-state index contributed by atoms with van der Waals surface area (Å²) < 4.78 is 18.7. The predicted molar refractivity (Wildman–Crippen MR) is 99.6 cm³/mol. The van der Waals surface area contributed by atoms with Crippen molar-refractivity contribution in [3.8, 4) is 0 Å². The number of hydrogen-bond donors (Lipinski definition) is 2. The fourth-order valence-corrected chi connectivity index (χ4v) is 2.01. The van der Waals surface area contributed by atoms with Crippen LogP contribution in [0.1, 0.15) is 23.9 Å². The highest BCUT2D eigenvalue weighted by Gasteiger charge is 2.05. The lowest BCUT2D eigenvalue weighted by Crippen LogP contribution is -2.37. The number of rotatable bonds is 6. The molecule has 0 aliphatic heterocycles. The van der Waals surface area contributed by atoms with Gasteiger partial charge in [0.15, 0.2) is 11.7 Å². The highest BCUT2D eigenvalue weighted by Crippen LogP contribution is 2.06. The summed E-state index contributed by atoms with van der Waals surface area (Å²) in [6, 6.07) is 8.70. The Balaban J connectivity index is 0.00000264. The minimum atomic E-state index is -0.180. The van der Waals surface area contributed by atoms with E-state index in [-0.39, 0.29) is 29.8 Å². The number of hydrogen-bond acceptors (Lipinski definition) is 3. The van der Waals surface area contributed by atoms with E-state index in [2.05, 4.69) is 20.8 Å². The molecule has 2 rings (SSSR count). The van der Waals surface area contributed by atoms with E-state index in [1.165, 1.54) is 6.07 Å². The number of nitrogens with one attached hydrogen (secondary N) is 2. The summed E-state index contributed by atoms with van der Waals surface area (Å²) in [5.74, 6) is 1.22. The van der Waals surface area contributed by atoms with Crippen LogP contribution in [0.25, 0.3) is 0 Å². The van der Waals surface area contributed by atoms with E-state index in [1.807, 2.05) is 19.1 Å². The maximum Gasteiger partial charge on any atom is 0.191 e. The van der Waals surface area contributed by atoms with E-state index >= 15 is 0 Å². The first-order valence-electron chi connectivity index (χ1n) is 7.35.